The van der Waals surface area contributed by atoms with Gasteiger partial charge in [0.2, 0.25) is 5.12 Å². The monoisotopic (exact) mass is 187 g/mol. The zero-order valence-electron chi connectivity index (χ0n) is 7.97. The molecule has 1 radical (unpaired) electrons. The summed E-state index contributed by atoms with van der Waals surface area (Å²) in [6.07, 6.45) is 9.34. The van der Waals surface area contributed by atoms with Crippen LogP contribution in [0.25, 0.3) is 0 Å². The molecule has 0 aromatic rings. The number of hydrogen-bond acceptors (Lipinski definition) is 1. The van der Waals surface area contributed by atoms with E-state index >= 15 is 0 Å². The molecule has 0 amide bonds. The Hall–Kier alpha value is -0.110. The highest BCUT2D eigenvalue weighted by molar-refractivity contribution is 7.96. The largest absolute Gasteiger partial charge is 0.282 e. The Bertz CT molecular complexity index is 112. The molecule has 0 aliphatic heterocycles. The van der Waals surface area contributed by atoms with Gasteiger partial charge in [-0.1, -0.05) is 45.4 Å². The van der Waals surface area contributed by atoms with E-state index in [4.69, 9.17) is 0 Å². The summed E-state index contributed by atoms with van der Waals surface area (Å²) in [6.45, 7) is 2.22. The predicted molar refractivity (Wildman–Crippen MR) is 55.2 cm³/mol. The lowest BCUT2D eigenvalue weighted by Gasteiger charge is -1.98. The average molecular weight is 187 g/mol. The first-order valence-electron chi connectivity index (χ1n) is 4.97. The van der Waals surface area contributed by atoms with Crippen molar-refractivity contribution in [1.29, 1.82) is 0 Å². The summed E-state index contributed by atoms with van der Waals surface area (Å²) in [5, 5.41) is -0.0800. The van der Waals surface area contributed by atoms with Crippen molar-refractivity contribution in [3.8, 4) is 0 Å². The fourth-order valence-electron chi connectivity index (χ4n) is 1.23. The van der Waals surface area contributed by atoms with Gasteiger partial charge in [-0.15, -0.1) is 0 Å². The van der Waals surface area contributed by atoms with E-state index in [0.717, 1.165) is 6.42 Å². The Morgan fingerprint density at radius 1 is 1.00 bits per heavy atom. The highest BCUT2D eigenvalue weighted by atomic mass is 32.1. The molecular weight excluding hydrogens is 168 g/mol. The predicted octanol–water partition coefficient (Wildman–Crippen LogP) is 3.85. The van der Waals surface area contributed by atoms with E-state index < -0.39 is 0 Å². The van der Waals surface area contributed by atoms with Gasteiger partial charge >= 0.3 is 0 Å². The van der Waals surface area contributed by atoms with Crippen molar-refractivity contribution in [3.05, 3.63) is 0 Å². The van der Waals surface area contributed by atoms with Gasteiger partial charge in [-0.3, -0.25) is 4.79 Å². The van der Waals surface area contributed by atoms with Gasteiger partial charge in [0.1, 0.15) is 0 Å². The first kappa shape index (κ1) is 11.9. The maximum Gasteiger partial charge on any atom is 0.218 e. The van der Waals surface area contributed by atoms with Crippen LogP contribution in [0.3, 0.4) is 0 Å². The van der Waals surface area contributed by atoms with Gasteiger partial charge in [0.25, 0.3) is 0 Å². The maximum absolute atomic E-state index is 10.4. The second-order valence-corrected chi connectivity index (χ2v) is 3.70. The van der Waals surface area contributed by atoms with Crippen LogP contribution in [0.15, 0.2) is 0 Å². The van der Waals surface area contributed by atoms with Crippen LogP contribution in [0, 0.1) is 0 Å². The summed E-state index contributed by atoms with van der Waals surface area (Å²) in [5.41, 5.74) is 0. The number of carbonyl (C=O) groups is 1. The summed E-state index contributed by atoms with van der Waals surface area (Å²) in [7, 11) is 0. The van der Waals surface area contributed by atoms with Crippen LogP contribution < -0.4 is 0 Å². The van der Waals surface area contributed by atoms with Gasteiger partial charge in [0.05, 0.1) is 0 Å². The van der Waals surface area contributed by atoms with Gasteiger partial charge in [-0.25, -0.2) is 0 Å². The summed E-state index contributed by atoms with van der Waals surface area (Å²) in [5.74, 6) is 0. The Morgan fingerprint density at radius 3 is 2.00 bits per heavy atom. The van der Waals surface area contributed by atoms with E-state index in [1.165, 1.54) is 38.5 Å². The Balaban J connectivity index is 2.86. The van der Waals surface area contributed by atoms with Crippen LogP contribution >= 0.6 is 12.6 Å². The van der Waals surface area contributed by atoms with E-state index in [-0.39, 0.29) is 5.12 Å². The van der Waals surface area contributed by atoms with Crippen molar-refractivity contribution >= 4 is 17.7 Å². The molecule has 0 aromatic carbocycles. The van der Waals surface area contributed by atoms with Gasteiger partial charge in [-0.2, -0.15) is 0 Å². The minimum atomic E-state index is -0.0800. The van der Waals surface area contributed by atoms with E-state index in [0.29, 0.717) is 6.42 Å². The molecule has 1 nitrogen and oxygen atoms in total. The zero-order valence-corrected chi connectivity index (χ0v) is 8.79. The normalized spacial score (nSPS) is 10.1. The molecule has 0 fully saturated rings. The van der Waals surface area contributed by atoms with Gasteiger partial charge in [-0.05, 0) is 19.0 Å². The van der Waals surface area contributed by atoms with Crippen LogP contribution in [-0.2, 0) is 4.79 Å². The molecule has 0 aromatic heterocycles. The fraction of sp³-hybridized carbons (Fsp3) is 0.900. The lowest BCUT2D eigenvalue weighted by Crippen LogP contribution is -1.86. The van der Waals surface area contributed by atoms with E-state index in [1.807, 2.05) is 0 Å². The van der Waals surface area contributed by atoms with Crippen molar-refractivity contribution < 1.29 is 4.79 Å². The van der Waals surface area contributed by atoms with Crippen molar-refractivity contribution in [2.45, 2.75) is 58.3 Å². The molecule has 0 spiro atoms. The van der Waals surface area contributed by atoms with Gasteiger partial charge < -0.3 is 0 Å². The van der Waals surface area contributed by atoms with Crippen LogP contribution in [0.1, 0.15) is 58.3 Å². The van der Waals surface area contributed by atoms with Crippen molar-refractivity contribution in [2.75, 3.05) is 0 Å². The first-order chi connectivity index (χ1) is 5.77. The Kier molecular flexibility index (Phi) is 8.90. The summed E-state index contributed by atoms with van der Waals surface area (Å²) >= 11 is 4.46. The third-order valence-corrected chi connectivity index (χ3v) is 2.19. The quantitative estimate of drug-likeness (QED) is 0.527. The molecule has 0 aliphatic carbocycles. The zero-order chi connectivity index (χ0) is 9.23. The third-order valence-electron chi connectivity index (χ3n) is 1.98. The SMILES string of the molecule is CCCCCCCCCC(=O)[S]. The third kappa shape index (κ3) is 9.89. The molecule has 2 heteroatoms. The van der Waals surface area contributed by atoms with Gasteiger partial charge in [0, 0.05) is 6.42 Å². The lowest BCUT2D eigenvalue weighted by molar-refractivity contribution is -0.110. The topological polar surface area (TPSA) is 17.1 Å². The molecule has 0 N–H and O–H groups in total. The van der Waals surface area contributed by atoms with Gasteiger partial charge in [0.15, 0.2) is 0 Å². The van der Waals surface area contributed by atoms with Crippen LogP contribution in [0.5, 0.6) is 0 Å². The minimum Gasteiger partial charge on any atom is -0.282 e. The number of unbranched alkanes of at least 4 members (excludes halogenated alkanes) is 6. The van der Waals surface area contributed by atoms with Crippen LogP contribution in [0.4, 0.5) is 0 Å². The standard InChI is InChI=1S/C10H19OS/c1-2-3-4-5-6-7-8-9-10(11)12/h2-9H2,1H3. The smallest absolute Gasteiger partial charge is 0.218 e. The summed E-state index contributed by atoms with van der Waals surface area (Å²) in [6, 6.07) is 0. The molecule has 0 heterocycles. The number of rotatable bonds is 8. The second kappa shape index (κ2) is 8.98. The van der Waals surface area contributed by atoms with E-state index in [2.05, 4.69) is 19.6 Å². The molecular formula is C10H19OS. The number of hydrogen-bond donors (Lipinski definition) is 0. The molecule has 0 saturated heterocycles. The summed E-state index contributed by atoms with van der Waals surface area (Å²) in [4.78, 5) is 10.4. The highest BCUT2D eigenvalue weighted by Crippen LogP contribution is 2.08. The molecule has 0 unspecified atom stereocenters. The Labute approximate surface area is 81.3 Å². The Morgan fingerprint density at radius 2 is 1.50 bits per heavy atom. The van der Waals surface area contributed by atoms with Crippen LogP contribution in [-0.4, -0.2) is 5.12 Å². The lowest BCUT2D eigenvalue weighted by atomic mass is 10.1. The molecule has 12 heavy (non-hydrogen) atoms. The van der Waals surface area contributed by atoms with Crippen LogP contribution in [0.2, 0.25) is 0 Å². The van der Waals surface area contributed by atoms with Crippen molar-refractivity contribution in [1.82, 2.24) is 0 Å². The summed E-state index contributed by atoms with van der Waals surface area (Å²) < 4.78 is 0. The highest BCUT2D eigenvalue weighted by Gasteiger charge is 1.95. The molecule has 0 saturated carbocycles. The molecule has 0 rings (SSSR count). The van der Waals surface area contributed by atoms with E-state index in [9.17, 15) is 4.79 Å². The maximum atomic E-state index is 10.4. The average Bonchev–Trinajstić information content (AvgIpc) is 2.02. The molecule has 0 bridgehead atoms. The fourth-order valence-corrected chi connectivity index (χ4v) is 1.37. The van der Waals surface area contributed by atoms with Crippen molar-refractivity contribution in [2.24, 2.45) is 0 Å². The van der Waals surface area contributed by atoms with Crippen molar-refractivity contribution in [3.63, 3.8) is 0 Å². The first-order valence-corrected chi connectivity index (χ1v) is 5.38. The molecule has 71 valence electrons. The van der Waals surface area contributed by atoms with E-state index in [1.54, 1.807) is 0 Å². The number of carbonyl (C=O) groups excluding carboxylic acids is 1. The minimum absolute atomic E-state index is 0.0800. The molecule has 0 aliphatic rings. The second-order valence-electron chi connectivity index (χ2n) is 3.24. The molecule has 0 atom stereocenters.